The Morgan fingerprint density at radius 1 is 1.53 bits per heavy atom. The number of aliphatic hydroxyl groups excluding tert-OH is 1. The van der Waals surface area contributed by atoms with Crippen LogP contribution in [-0.4, -0.2) is 29.7 Å². The molecule has 1 aromatic rings. The van der Waals surface area contributed by atoms with Crippen molar-refractivity contribution in [3.8, 4) is 0 Å². The number of hydrogen-bond donors (Lipinski definition) is 2. The third-order valence-electron chi connectivity index (χ3n) is 2.58. The zero-order valence-corrected chi connectivity index (χ0v) is 10.7. The minimum Gasteiger partial charge on any atom is -0.398 e. The van der Waals surface area contributed by atoms with Crippen LogP contribution in [0.5, 0.6) is 0 Å². The molecule has 0 aliphatic heterocycles. The van der Waals surface area contributed by atoms with E-state index in [1.54, 1.807) is 0 Å². The van der Waals surface area contributed by atoms with Gasteiger partial charge in [0.15, 0.2) is 0 Å². The van der Waals surface area contributed by atoms with E-state index in [2.05, 4.69) is 20.8 Å². The normalized spacial score (nSPS) is 13.1. The lowest BCUT2D eigenvalue weighted by Crippen LogP contribution is -2.31. The summed E-state index contributed by atoms with van der Waals surface area (Å²) in [5, 5.41) is 9.04. The minimum absolute atomic E-state index is 0.136. The van der Waals surface area contributed by atoms with Gasteiger partial charge in [-0.25, -0.2) is 0 Å². The van der Waals surface area contributed by atoms with Gasteiger partial charge in [0.1, 0.15) is 0 Å². The fourth-order valence-corrected chi connectivity index (χ4v) is 1.79. The van der Waals surface area contributed by atoms with E-state index in [1.165, 1.54) is 0 Å². The highest BCUT2D eigenvalue weighted by Crippen LogP contribution is 2.24. The number of likely N-dealkylation sites (N-methyl/N-ethyl adjacent to an activating group) is 1. The van der Waals surface area contributed by atoms with Crippen LogP contribution >= 0.6 is 15.9 Å². The fraction of sp³-hybridized carbons (Fsp3) is 0.455. The Morgan fingerprint density at radius 3 is 2.73 bits per heavy atom. The monoisotopic (exact) mass is 272 g/mol. The molecule has 0 aromatic heterocycles. The van der Waals surface area contributed by atoms with Crippen LogP contribution in [0.2, 0.25) is 0 Å². The molecular formula is C11H17BrN2O. The summed E-state index contributed by atoms with van der Waals surface area (Å²) in [6.07, 6.45) is 0. The van der Waals surface area contributed by atoms with Gasteiger partial charge in [-0.15, -0.1) is 0 Å². The Kier molecular flexibility index (Phi) is 4.57. The van der Waals surface area contributed by atoms with E-state index in [1.807, 2.05) is 32.2 Å². The number of nitrogen functional groups attached to an aromatic ring is 1. The number of nitrogens with two attached hydrogens (primary N) is 1. The second-order valence-corrected chi connectivity index (χ2v) is 4.61. The molecule has 0 fully saturated rings. The van der Waals surface area contributed by atoms with Crippen LogP contribution in [0.15, 0.2) is 22.7 Å². The average molecular weight is 273 g/mol. The molecule has 0 aliphatic rings. The summed E-state index contributed by atoms with van der Waals surface area (Å²) in [6, 6.07) is 5.91. The number of anilines is 1. The molecule has 1 rings (SSSR count). The van der Waals surface area contributed by atoms with Gasteiger partial charge in [-0.3, -0.25) is 4.90 Å². The maximum atomic E-state index is 9.04. The van der Waals surface area contributed by atoms with Gasteiger partial charge in [0.25, 0.3) is 0 Å². The molecule has 1 atom stereocenters. The molecule has 0 spiro atoms. The highest BCUT2D eigenvalue weighted by Gasteiger charge is 2.11. The molecule has 0 radical (unpaired) electrons. The summed E-state index contributed by atoms with van der Waals surface area (Å²) in [7, 11) is 1.97. The van der Waals surface area contributed by atoms with E-state index < -0.39 is 0 Å². The van der Waals surface area contributed by atoms with Crippen molar-refractivity contribution in [2.75, 3.05) is 19.4 Å². The van der Waals surface area contributed by atoms with E-state index in [0.717, 1.165) is 22.3 Å². The highest BCUT2D eigenvalue weighted by atomic mass is 79.9. The first-order valence-corrected chi connectivity index (χ1v) is 5.69. The fourth-order valence-electron chi connectivity index (χ4n) is 1.29. The Hall–Kier alpha value is -0.580. The number of rotatable bonds is 4. The molecule has 0 saturated carbocycles. The van der Waals surface area contributed by atoms with Crippen molar-refractivity contribution in [2.45, 2.75) is 19.5 Å². The molecule has 3 N–H and O–H groups in total. The summed E-state index contributed by atoms with van der Waals surface area (Å²) in [5.41, 5.74) is 7.74. The second-order valence-electron chi connectivity index (χ2n) is 3.75. The van der Waals surface area contributed by atoms with Crippen LogP contribution in [0.4, 0.5) is 5.69 Å². The van der Waals surface area contributed by atoms with Crippen molar-refractivity contribution in [2.24, 2.45) is 0 Å². The smallest absolute Gasteiger partial charge is 0.0584 e. The van der Waals surface area contributed by atoms with Crippen LogP contribution in [-0.2, 0) is 6.54 Å². The predicted molar refractivity (Wildman–Crippen MR) is 66.6 cm³/mol. The SMILES string of the molecule is CC(CO)N(C)Cc1c(N)cccc1Br. The summed E-state index contributed by atoms with van der Waals surface area (Å²) in [5.74, 6) is 0. The second kappa shape index (κ2) is 5.49. The Balaban J connectivity index is 2.80. The summed E-state index contributed by atoms with van der Waals surface area (Å²) in [6.45, 7) is 2.86. The summed E-state index contributed by atoms with van der Waals surface area (Å²) < 4.78 is 1.01. The third-order valence-corrected chi connectivity index (χ3v) is 3.32. The van der Waals surface area contributed by atoms with Crippen molar-refractivity contribution in [1.29, 1.82) is 0 Å². The van der Waals surface area contributed by atoms with Crippen molar-refractivity contribution < 1.29 is 5.11 Å². The van der Waals surface area contributed by atoms with Gasteiger partial charge in [-0.1, -0.05) is 22.0 Å². The molecule has 0 bridgehead atoms. The highest BCUT2D eigenvalue weighted by molar-refractivity contribution is 9.10. The van der Waals surface area contributed by atoms with Crippen LogP contribution in [0.25, 0.3) is 0 Å². The van der Waals surface area contributed by atoms with Crippen molar-refractivity contribution >= 4 is 21.6 Å². The molecule has 4 heteroatoms. The lowest BCUT2D eigenvalue weighted by Gasteiger charge is -2.24. The molecule has 15 heavy (non-hydrogen) atoms. The van der Waals surface area contributed by atoms with Crippen LogP contribution in [0.3, 0.4) is 0 Å². The quantitative estimate of drug-likeness (QED) is 0.823. The van der Waals surface area contributed by atoms with Gasteiger partial charge in [-0.05, 0) is 26.1 Å². The molecule has 1 aromatic carbocycles. The van der Waals surface area contributed by atoms with Crippen molar-refractivity contribution in [3.05, 3.63) is 28.2 Å². The Labute approximate surface area is 99.0 Å². The first-order valence-electron chi connectivity index (χ1n) is 4.90. The van der Waals surface area contributed by atoms with Gasteiger partial charge < -0.3 is 10.8 Å². The van der Waals surface area contributed by atoms with Gasteiger partial charge in [0.2, 0.25) is 0 Å². The number of nitrogens with zero attached hydrogens (tertiary/aromatic N) is 1. The molecule has 0 heterocycles. The topological polar surface area (TPSA) is 49.5 Å². The molecule has 3 nitrogen and oxygen atoms in total. The minimum atomic E-state index is 0.136. The lowest BCUT2D eigenvalue weighted by molar-refractivity contribution is 0.154. The first-order chi connectivity index (χ1) is 7.06. The van der Waals surface area contributed by atoms with Gasteiger partial charge >= 0.3 is 0 Å². The lowest BCUT2D eigenvalue weighted by atomic mass is 10.1. The predicted octanol–water partition coefficient (Wildman–Crippen LogP) is 1.84. The van der Waals surface area contributed by atoms with Crippen LogP contribution in [0.1, 0.15) is 12.5 Å². The number of halogens is 1. The Bertz CT molecular complexity index is 310. The van der Waals surface area contributed by atoms with Crippen LogP contribution in [0, 0.1) is 0 Å². The first kappa shape index (κ1) is 12.5. The number of benzene rings is 1. The van der Waals surface area contributed by atoms with E-state index in [-0.39, 0.29) is 12.6 Å². The maximum Gasteiger partial charge on any atom is 0.0584 e. The zero-order chi connectivity index (χ0) is 11.4. The number of aliphatic hydroxyl groups is 1. The average Bonchev–Trinajstić information content (AvgIpc) is 2.22. The zero-order valence-electron chi connectivity index (χ0n) is 9.07. The van der Waals surface area contributed by atoms with E-state index in [4.69, 9.17) is 10.8 Å². The van der Waals surface area contributed by atoms with E-state index in [0.29, 0.717) is 0 Å². The molecule has 0 aliphatic carbocycles. The molecule has 84 valence electrons. The van der Waals surface area contributed by atoms with Gasteiger partial charge in [0.05, 0.1) is 6.61 Å². The van der Waals surface area contributed by atoms with Crippen molar-refractivity contribution in [3.63, 3.8) is 0 Å². The summed E-state index contributed by atoms with van der Waals surface area (Å²) in [4.78, 5) is 2.07. The molecule has 0 amide bonds. The van der Waals surface area contributed by atoms with Crippen molar-refractivity contribution in [1.82, 2.24) is 4.90 Å². The largest absolute Gasteiger partial charge is 0.398 e. The molecule has 0 saturated heterocycles. The molecular weight excluding hydrogens is 256 g/mol. The summed E-state index contributed by atoms with van der Waals surface area (Å²) >= 11 is 3.48. The van der Waals surface area contributed by atoms with Gasteiger partial charge in [0, 0.05) is 28.3 Å². The standard InChI is InChI=1S/C11H17BrN2O/c1-8(7-15)14(2)6-9-10(12)4-3-5-11(9)13/h3-5,8,15H,6-7,13H2,1-2H3. The van der Waals surface area contributed by atoms with Crippen LogP contribution < -0.4 is 5.73 Å². The van der Waals surface area contributed by atoms with E-state index in [9.17, 15) is 0 Å². The number of hydrogen-bond acceptors (Lipinski definition) is 3. The third kappa shape index (κ3) is 3.19. The Morgan fingerprint density at radius 2 is 2.20 bits per heavy atom. The molecule has 1 unspecified atom stereocenters. The van der Waals surface area contributed by atoms with E-state index >= 15 is 0 Å². The maximum absolute atomic E-state index is 9.04. The van der Waals surface area contributed by atoms with Gasteiger partial charge in [-0.2, -0.15) is 0 Å².